The molecule has 24 nitrogen and oxygen atoms in total. The molecule has 3 aromatic carbocycles. The summed E-state index contributed by atoms with van der Waals surface area (Å²) >= 11 is 22.6. The number of nitrogens with two attached hydrogens (primary N) is 1. The fraction of sp³-hybridized carbons (Fsp3) is 0.375. The lowest BCUT2D eigenvalue weighted by molar-refractivity contribution is -0.103. The summed E-state index contributed by atoms with van der Waals surface area (Å²) in [5.41, 5.74) is 13.6. The van der Waals surface area contributed by atoms with Gasteiger partial charge in [0.2, 0.25) is 0 Å². The number of fused-ring (bicyclic) bond motifs is 6. The molecule has 1 saturated carbocycles. The van der Waals surface area contributed by atoms with Gasteiger partial charge in [-0.15, -0.1) is 0 Å². The topological polar surface area (TPSA) is 324 Å². The lowest BCUT2D eigenvalue weighted by atomic mass is 9.80. The molecule has 8 N–H and O–H groups in total. The first-order valence-electron chi connectivity index (χ1n) is 33.0. The predicted molar refractivity (Wildman–Crippen MR) is 387 cm³/mol. The quantitative estimate of drug-likeness (QED) is 0.0695. The third-order valence-electron chi connectivity index (χ3n) is 21.2. The summed E-state index contributed by atoms with van der Waals surface area (Å²) in [6, 6.07) is 29.4. The van der Waals surface area contributed by atoms with Gasteiger partial charge in [-0.3, -0.25) is 0 Å². The van der Waals surface area contributed by atoms with Crippen LogP contribution < -0.4 is 5.73 Å². The Labute approximate surface area is 612 Å². The second-order valence-corrected chi connectivity index (χ2v) is 30.7. The minimum Gasteiger partial charge on any atom is -0.390 e. The lowest BCUT2D eigenvalue weighted by Gasteiger charge is -2.26. The van der Waals surface area contributed by atoms with Gasteiger partial charge in [0.15, 0.2) is 12.5 Å². The van der Waals surface area contributed by atoms with E-state index in [4.69, 9.17) is 52.6 Å². The molecule has 1 aliphatic carbocycles. The molecule has 29 heteroatoms. The highest BCUT2D eigenvalue weighted by molar-refractivity contribution is 9.11. The highest BCUT2D eigenvalue weighted by Gasteiger charge is 2.61. The van der Waals surface area contributed by atoms with Crippen LogP contribution in [0.2, 0.25) is 10.3 Å². The molecule has 101 heavy (non-hydrogen) atoms. The fourth-order valence-corrected chi connectivity index (χ4v) is 17.1. The third-order valence-corrected chi connectivity index (χ3v) is 24.0. The summed E-state index contributed by atoms with van der Waals surface area (Å²) in [6.45, 7) is 6.53. The number of aryl methyl sites for hydroxylation is 3. The van der Waals surface area contributed by atoms with Gasteiger partial charge in [0.1, 0.15) is 93.8 Å². The first-order chi connectivity index (χ1) is 48.5. The molecule has 12 aromatic rings. The van der Waals surface area contributed by atoms with Crippen molar-refractivity contribution < 1.29 is 54.3 Å². The normalized spacial score (nSPS) is 29.2. The standard InChI is InChI=1S/C25H24BrClN4O3.C24H22BrClN4O4.C23H22BrN5O4/c1-13-17-4-5-31(24(17)29-12-28-13)20-10-25(22(33)21(20)32)9-16(34-11-25)6-14-2-3-15-8-18(26)23(27)30-19(15)7-14;1-12-16-4-5-30(22(16)28-11-27-12)23-19(31)20(32)24(34-23)9-15(33-10-24)6-13-2-3-14-8-17(25)21(26)29-18(14)7-13;1-11-14-4-5-29(21(14)27-10-26-11)22-18(30)19(31)23(33-22)8-17(32-9-23)13-3-2-12-6-15(24)20(25)28-16(12)7-13/h2-5,7-8,12,16,20-22,32-33H,6,9-11H2,1H3;2-5,7-8,11,15,19-20,23,31-32H,6,9-10H2,1H3;2-7,10,17-19,22,30-31H,8-9H2,1H3,(H2,25,28). The number of hydrogen-bond donors (Lipinski definition) is 7. The first kappa shape index (κ1) is 68.6. The fourth-order valence-electron chi connectivity index (χ4n) is 15.8. The van der Waals surface area contributed by atoms with Crippen LogP contribution in [0.15, 0.2) is 142 Å². The number of ether oxygens (including phenoxy) is 5. The maximum absolute atomic E-state index is 11.1. The molecule has 5 saturated heterocycles. The van der Waals surface area contributed by atoms with Crippen molar-refractivity contribution >= 4 is 143 Å². The van der Waals surface area contributed by atoms with Gasteiger partial charge in [0, 0.05) is 69.2 Å². The molecule has 5 aliphatic heterocycles. The van der Waals surface area contributed by atoms with Crippen LogP contribution in [0.1, 0.15) is 84.1 Å². The Morgan fingerprint density at radius 3 is 1.49 bits per heavy atom. The van der Waals surface area contributed by atoms with E-state index in [0.29, 0.717) is 72.6 Å². The minimum absolute atomic E-state index is 0.0463. The molecule has 6 fully saturated rings. The van der Waals surface area contributed by atoms with Crippen LogP contribution in [0.3, 0.4) is 0 Å². The SMILES string of the molecule is Cc1ncnc2c1ccn2C1CC2(COC(Cc3ccc4cc(Br)c(Cl)nc4c3)C2)C(O)C1O.Cc1ncnc2c1ccn2C1OC2(COC(Cc3ccc4cc(Br)c(Cl)nc4c3)C2)C(O)C1O.Cc1ncnc2c1ccn2C1OC2(COC(c3ccc4cc(Br)c(N)nc4c3)C2)C(O)C1O. The van der Waals surface area contributed by atoms with Crippen LogP contribution >= 0.6 is 71.0 Å². The summed E-state index contributed by atoms with van der Waals surface area (Å²) in [6.07, 6.45) is 5.28. The van der Waals surface area contributed by atoms with Crippen molar-refractivity contribution in [3.8, 4) is 0 Å². The third kappa shape index (κ3) is 12.3. The van der Waals surface area contributed by atoms with Gasteiger partial charge in [0.25, 0.3) is 0 Å². The van der Waals surface area contributed by atoms with Crippen LogP contribution in [0, 0.1) is 26.2 Å². The maximum Gasteiger partial charge on any atom is 0.164 e. The molecule has 18 rings (SSSR count). The Balaban J connectivity index is 0.000000118. The van der Waals surface area contributed by atoms with Crippen LogP contribution in [0.5, 0.6) is 0 Å². The number of benzene rings is 3. The monoisotopic (exact) mass is 1600 g/mol. The summed E-state index contributed by atoms with van der Waals surface area (Å²) < 4.78 is 38.8. The first-order valence-corrected chi connectivity index (χ1v) is 36.2. The molecule has 0 radical (unpaired) electrons. The Morgan fingerprint density at radius 2 is 0.941 bits per heavy atom. The van der Waals surface area contributed by atoms with Gasteiger partial charge in [-0.25, -0.2) is 44.9 Å². The number of aliphatic hydroxyl groups excluding tert-OH is 6. The van der Waals surface area contributed by atoms with E-state index in [1.54, 1.807) is 21.7 Å². The van der Waals surface area contributed by atoms with Gasteiger partial charge in [0.05, 0.1) is 97.3 Å². The van der Waals surface area contributed by atoms with Gasteiger partial charge in [-0.1, -0.05) is 59.6 Å². The molecular weight excluding hydrogens is 1530 g/mol. The summed E-state index contributed by atoms with van der Waals surface area (Å²) in [7, 11) is 0. The van der Waals surface area contributed by atoms with E-state index in [1.807, 2.05) is 123 Å². The van der Waals surface area contributed by atoms with Crippen LogP contribution in [0.25, 0.3) is 65.8 Å². The zero-order valence-corrected chi connectivity index (χ0v) is 60.7. The number of anilines is 1. The summed E-state index contributed by atoms with van der Waals surface area (Å²) in [5, 5.41) is 72.5. The number of halogens is 5. The number of aromatic nitrogens is 12. The van der Waals surface area contributed by atoms with E-state index in [9.17, 15) is 30.6 Å². The van der Waals surface area contributed by atoms with Gasteiger partial charge >= 0.3 is 0 Å². The number of aliphatic hydroxyl groups is 6. The van der Waals surface area contributed by atoms with E-state index in [1.165, 1.54) is 12.7 Å². The highest BCUT2D eigenvalue weighted by atomic mass is 79.9. The van der Waals surface area contributed by atoms with Gasteiger partial charge in [-0.2, -0.15) is 0 Å². The van der Waals surface area contributed by atoms with Crippen LogP contribution in [-0.2, 0) is 36.5 Å². The molecule has 15 unspecified atom stereocenters. The van der Waals surface area contributed by atoms with Crippen molar-refractivity contribution in [1.29, 1.82) is 0 Å². The van der Waals surface area contributed by atoms with Crippen LogP contribution in [-0.4, -0.2) is 169 Å². The largest absolute Gasteiger partial charge is 0.390 e. The minimum atomic E-state index is -1.13. The second-order valence-electron chi connectivity index (χ2n) is 27.4. The molecule has 9 aromatic heterocycles. The van der Waals surface area contributed by atoms with Crippen LogP contribution in [0.4, 0.5) is 5.82 Å². The number of hydrogen-bond acceptors (Lipinski definition) is 21. The highest BCUT2D eigenvalue weighted by Crippen LogP contribution is 2.53. The summed E-state index contributed by atoms with van der Waals surface area (Å²) in [4.78, 5) is 39.2. The Bertz CT molecular complexity index is 5020. The van der Waals surface area contributed by atoms with Gasteiger partial charge < -0.3 is 73.8 Å². The number of pyridine rings is 3. The molecule has 0 bridgehead atoms. The van der Waals surface area contributed by atoms with E-state index >= 15 is 0 Å². The Morgan fingerprint density at radius 1 is 0.485 bits per heavy atom. The lowest BCUT2D eigenvalue weighted by Crippen LogP contribution is -2.43. The van der Waals surface area contributed by atoms with E-state index < -0.39 is 65.7 Å². The smallest absolute Gasteiger partial charge is 0.164 e. The molecule has 6 aliphatic rings. The molecule has 0 amide bonds. The number of rotatable bonds is 8. The zero-order valence-electron chi connectivity index (χ0n) is 54.5. The summed E-state index contributed by atoms with van der Waals surface area (Å²) in [5.74, 6) is 0.418. The van der Waals surface area contributed by atoms with E-state index in [-0.39, 0.29) is 37.6 Å². The predicted octanol–water partition coefficient (Wildman–Crippen LogP) is 10.9. The van der Waals surface area contributed by atoms with E-state index in [0.717, 1.165) is 102 Å². The van der Waals surface area contributed by atoms with Crippen molar-refractivity contribution in [2.75, 3.05) is 25.6 Å². The molecule has 14 heterocycles. The average Bonchev–Trinajstić information content (AvgIpc) is 1.60. The van der Waals surface area contributed by atoms with Crippen molar-refractivity contribution in [1.82, 2.24) is 58.6 Å². The number of nitrogens with zero attached hydrogens (tertiary/aromatic N) is 12. The van der Waals surface area contributed by atoms with Gasteiger partial charge in [-0.05, 0) is 166 Å². The van der Waals surface area contributed by atoms with Crippen molar-refractivity contribution in [2.45, 2.75) is 144 Å². The second kappa shape index (κ2) is 26.7. The molecule has 522 valence electrons. The molecular formula is C72H68Br3Cl2N13O11. The zero-order chi connectivity index (χ0) is 70.1. The van der Waals surface area contributed by atoms with E-state index in [2.05, 4.69) is 98.7 Å². The van der Waals surface area contributed by atoms with Crippen molar-refractivity contribution in [2.24, 2.45) is 5.41 Å². The molecule has 3 spiro atoms. The molecule has 15 atom stereocenters. The Hall–Kier alpha value is -6.87. The Kier molecular flexibility index (Phi) is 18.1. The van der Waals surface area contributed by atoms with Crippen molar-refractivity contribution in [3.63, 3.8) is 0 Å². The van der Waals surface area contributed by atoms with Crippen molar-refractivity contribution in [3.05, 3.63) is 186 Å². The maximum atomic E-state index is 11.1. The number of nitrogen functional groups attached to an aromatic ring is 1. The average molecular weight is 1600 g/mol.